The lowest BCUT2D eigenvalue weighted by molar-refractivity contribution is 0.00187. The number of nitrogens with one attached hydrogen (secondary N) is 1. The van der Waals surface area contributed by atoms with Crippen LogP contribution in [0.1, 0.15) is 16.4 Å². The molecule has 2 fully saturated rings. The van der Waals surface area contributed by atoms with E-state index in [1.165, 1.54) is 6.26 Å². The first-order valence-corrected chi connectivity index (χ1v) is 11.4. The summed E-state index contributed by atoms with van der Waals surface area (Å²) in [5.41, 5.74) is 0.899. The molecule has 1 aromatic heterocycles. The SMILES string of the molecule is O=C(Nc1ccc(Cl)cc1)c1coc(CN2CCN(CC(O)CN3CCOCC3)CC2)n1. The summed E-state index contributed by atoms with van der Waals surface area (Å²) >= 11 is 5.87. The molecule has 0 saturated carbocycles. The summed E-state index contributed by atoms with van der Waals surface area (Å²) in [5, 5.41) is 13.8. The summed E-state index contributed by atoms with van der Waals surface area (Å²) in [4.78, 5) is 23.5. The quantitative estimate of drug-likeness (QED) is 0.606. The molecule has 2 saturated heterocycles. The molecule has 1 aromatic carbocycles. The maximum atomic E-state index is 12.4. The van der Waals surface area contributed by atoms with Crippen molar-refractivity contribution in [2.75, 3.05) is 70.9 Å². The minimum Gasteiger partial charge on any atom is -0.447 e. The molecule has 3 heterocycles. The smallest absolute Gasteiger partial charge is 0.277 e. The Hall–Kier alpha value is -2.01. The van der Waals surface area contributed by atoms with E-state index in [-0.39, 0.29) is 17.7 Å². The highest BCUT2D eigenvalue weighted by atomic mass is 35.5. The zero-order valence-electron chi connectivity index (χ0n) is 18.1. The van der Waals surface area contributed by atoms with Gasteiger partial charge in [-0.2, -0.15) is 0 Å². The van der Waals surface area contributed by atoms with Crippen molar-refractivity contribution in [2.45, 2.75) is 12.6 Å². The van der Waals surface area contributed by atoms with Gasteiger partial charge in [-0.3, -0.25) is 19.5 Å². The minimum absolute atomic E-state index is 0.250. The number of morpholine rings is 1. The van der Waals surface area contributed by atoms with Gasteiger partial charge in [-0.25, -0.2) is 4.98 Å². The average Bonchev–Trinajstić information content (AvgIpc) is 3.26. The zero-order valence-corrected chi connectivity index (χ0v) is 18.8. The fourth-order valence-electron chi connectivity index (χ4n) is 3.97. The van der Waals surface area contributed by atoms with E-state index in [9.17, 15) is 9.90 Å². The number of hydrogen-bond acceptors (Lipinski definition) is 8. The van der Waals surface area contributed by atoms with Crippen molar-refractivity contribution >= 4 is 23.2 Å². The standard InChI is InChI=1S/C22H30ClN5O4/c23-17-1-3-18(4-2-17)24-22(30)20-16-32-21(25-20)15-27-7-5-26(6-8-27)13-19(29)14-28-9-11-31-12-10-28/h1-4,16,19,29H,5-15H2,(H,24,30). The van der Waals surface area contributed by atoms with Crippen molar-refractivity contribution in [1.82, 2.24) is 19.7 Å². The fraction of sp³-hybridized carbons (Fsp3) is 0.545. The summed E-state index contributed by atoms with van der Waals surface area (Å²) in [6.45, 7) is 8.68. The number of aromatic nitrogens is 1. The second-order valence-electron chi connectivity index (χ2n) is 8.23. The van der Waals surface area contributed by atoms with Crippen molar-refractivity contribution in [1.29, 1.82) is 0 Å². The third-order valence-corrected chi connectivity index (χ3v) is 6.00. The molecule has 9 nitrogen and oxygen atoms in total. The number of anilines is 1. The molecule has 1 unspecified atom stereocenters. The molecule has 2 N–H and O–H groups in total. The third-order valence-electron chi connectivity index (χ3n) is 5.75. The maximum absolute atomic E-state index is 12.4. The van der Waals surface area contributed by atoms with E-state index in [1.807, 2.05) is 0 Å². The Morgan fingerprint density at radius 1 is 1.03 bits per heavy atom. The Balaban J connectivity index is 1.18. The molecule has 0 bridgehead atoms. The Morgan fingerprint density at radius 2 is 1.66 bits per heavy atom. The fourth-order valence-corrected chi connectivity index (χ4v) is 4.10. The Morgan fingerprint density at radius 3 is 2.34 bits per heavy atom. The van der Waals surface area contributed by atoms with E-state index < -0.39 is 0 Å². The number of aliphatic hydroxyl groups excluding tert-OH is 1. The number of halogens is 1. The molecule has 10 heteroatoms. The minimum atomic E-state index is -0.354. The van der Waals surface area contributed by atoms with Gasteiger partial charge in [0.1, 0.15) is 6.26 Å². The summed E-state index contributed by atoms with van der Waals surface area (Å²) < 4.78 is 10.9. The van der Waals surface area contributed by atoms with Gasteiger partial charge in [0.25, 0.3) is 5.91 Å². The summed E-state index contributed by atoms with van der Waals surface area (Å²) in [6.07, 6.45) is 1.03. The van der Waals surface area contributed by atoms with E-state index in [2.05, 4.69) is 25.0 Å². The summed E-state index contributed by atoms with van der Waals surface area (Å²) in [6, 6.07) is 6.90. The lowest BCUT2D eigenvalue weighted by atomic mass is 10.2. The van der Waals surface area contributed by atoms with Gasteiger partial charge in [-0.15, -0.1) is 0 Å². The predicted molar refractivity (Wildman–Crippen MR) is 121 cm³/mol. The molecule has 4 rings (SSSR count). The van der Waals surface area contributed by atoms with Crippen LogP contribution in [0.4, 0.5) is 5.69 Å². The van der Waals surface area contributed by atoms with Crippen LogP contribution in [0.15, 0.2) is 34.9 Å². The second kappa shape index (κ2) is 11.2. The first-order chi connectivity index (χ1) is 15.5. The number of benzene rings is 1. The van der Waals surface area contributed by atoms with E-state index in [1.54, 1.807) is 24.3 Å². The van der Waals surface area contributed by atoms with Gasteiger partial charge in [0.15, 0.2) is 5.69 Å². The largest absolute Gasteiger partial charge is 0.447 e. The molecule has 174 valence electrons. The number of carbonyl (C=O) groups excluding carboxylic acids is 1. The molecule has 1 atom stereocenters. The van der Waals surface area contributed by atoms with Crippen molar-refractivity contribution in [3.8, 4) is 0 Å². The second-order valence-corrected chi connectivity index (χ2v) is 8.67. The van der Waals surface area contributed by atoms with Crippen LogP contribution in [0.3, 0.4) is 0 Å². The van der Waals surface area contributed by atoms with Crippen LogP contribution in [-0.4, -0.2) is 102 Å². The Kier molecular flexibility index (Phi) is 8.12. The predicted octanol–water partition coefficient (Wildman–Crippen LogP) is 1.39. The highest BCUT2D eigenvalue weighted by Crippen LogP contribution is 2.15. The molecule has 0 aliphatic carbocycles. The number of rotatable bonds is 8. The summed E-state index contributed by atoms with van der Waals surface area (Å²) in [5.74, 6) is 0.202. The lowest BCUT2D eigenvalue weighted by Crippen LogP contribution is -2.50. The number of nitrogens with zero attached hydrogens (tertiary/aromatic N) is 4. The van der Waals surface area contributed by atoms with Crippen LogP contribution in [0, 0.1) is 0 Å². The normalized spacial score (nSPS) is 19.7. The highest BCUT2D eigenvalue weighted by Gasteiger charge is 2.23. The van der Waals surface area contributed by atoms with Crippen LogP contribution in [0.5, 0.6) is 0 Å². The zero-order chi connectivity index (χ0) is 22.3. The summed E-state index contributed by atoms with van der Waals surface area (Å²) in [7, 11) is 0. The van der Waals surface area contributed by atoms with Crippen LogP contribution < -0.4 is 5.32 Å². The lowest BCUT2D eigenvalue weighted by Gasteiger charge is -2.36. The molecule has 0 spiro atoms. The van der Waals surface area contributed by atoms with Crippen LogP contribution in [-0.2, 0) is 11.3 Å². The Bertz CT molecular complexity index is 863. The van der Waals surface area contributed by atoms with Gasteiger partial charge in [-0.1, -0.05) is 11.6 Å². The average molecular weight is 464 g/mol. The van der Waals surface area contributed by atoms with Gasteiger partial charge in [0, 0.05) is 63.1 Å². The van der Waals surface area contributed by atoms with Crippen LogP contribution in [0.25, 0.3) is 0 Å². The number of carbonyl (C=O) groups is 1. The molecular formula is C22H30ClN5O4. The molecule has 32 heavy (non-hydrogen) atoms. The number of aliphatic hydroxyl groups is 1. The highest BCUT2D eigenvalue weighted by molar-refractivity contribution is 6.30. The van der Waals surface area contributed by atoms with Crippen LogP contribution >= 0.6 is 11.6 Å². The van der Waals surface area contributed by atoms with Crippen molar-refractivity contribution in [2.24, 2.45) is 0 Å². The van der Waals surface area contributed by atoms with Crippen molar-refractivity contribution in [3.63, 3.8) is 0 Å². The van der Waals surface area contributed by atoms with Gasteiger partial charge in [0.2, 0.25) is 5.89 Å². The molecule has 2 aliphatic heterocycles. The number of ether oxygens (including phenoxy) is 1. The molecule has 0 radical (unpaired) electrons. The number of piperazine rings is 1. The van der Waals surface area contributed by atoms with E-state index in [4.69, 9.17) is 20.8 Å². The van der Waals surface area contributed by atoms with Gasteiger partial charge in [-0.05, 0) is 24.3 Å². The molecular weight excluding hydrogens is 434 g/mol. The molecule has 1 amide bonds. The number of oxazole rings is 1. The maximum Gasteiger partial charge on any atom is 0.277 e. The van der Waals surface area contributed by atoms with Gasteiger partial charge in [0.05, 0.1) is 25.9 Å². The van der Waals surface area contributed by atoms with Gasteiger partial charge < -0.3 is 19.6 Å². The number of β-amino-alcohol motifs (C(OH)–C–C–N with tert-alkyl or cyclic N) is 1. The van der Waals surface area contributed by atoms with E-state index >= 15 is 0 Å². The third kappa shape index (κ3) is 6.74. The number of hydrogen-bond donors (Lipinski definition) is 2. The molecule has 2 aromatic rings. The first kappa shape index (κ1) is 23.2. The van der Waals surface area contributed by atoms with Gasteiger partial charge >= 0.3 is 0 Å². The monoisotopic (exact) mass is 463 g/mol. The van der Waals surface area contributed by atoms with Crippen molar-refractivity contribution < 1.29 is 19.1 Å². The topological polar surface area (TPSA) is 94.3 Å². The first-order valence-electron chi connectivity index (χ1n) is 11.0. The number of amides is 1. The van der Waals surface area contributed by atoms with E-state index in [0.29, 0.717) is 36.2 Å². The Labute approximate surface area is 192 Å². The van der Waals surface area contributed by atoms with Crippen molar-refractivity contribution in [3.05, 3.63) is 47.1 Å². The van der Waals surface area contributed by atoms with E-state index in [0.717, 1.165) is 52.5 Å². The van der Waals surface area contributed by atoms with Crippen LogP contribution in [0.2, 0.25) is 5.02 Å². The molecule has 2 aliphatic rings.